The summed E-state index contributed by atoms with van der Waals surface area (Å²) in [6, 6.07) is 16.1. The third-order valence-corrected chi connectivity index (χ3v) is 6.27. The molecule has 174 valence electrons. The van der Waals surface area contributed by atoms with Crippen molar-refractivity contribution in [2.24, 2.45) is 0 Å². The minimum atomic E-state index is -1.14. The minimum Gasteiger partial charge on any atom is -0.476 e. The van der Waals surface area contributed by atoms with Crippen LogP contribution in [0.5, 0.6) is 0 Å². The number of alkyl carbamates (subject to hydrolysis) is 1. The van der Waals surface area contributed by atoms with Crippen LogP contribution in [0.1, 0.15) is 40.0 Å². The van der Waals surface area contributed by atoms with Crippen LogP contribution >= 0.6 is 0 Å². The molecule has 1 aliphatic heterocycles. The Morgan fingerprint density at radius 3 is 2.29 bits per heavy atom. The van der Waals surface area contributed by atoms with E-state index in [1.165, 1.54) is 10.9 Å². The van der Waals surface area contributed by atoms with Gasteiger partial charge in [0.15, 0.2) is 5.69 Å². The number of carbonyl (C=O) groups excluding carboxylic acids is 2. The molecular formula is C24H23N5O5. The quantitative estimate of drug-likeness (QED) is 0.553. The first-order valence-corrected chi connectivity index (χ1v) is 11.0. The summed E-state index contributed by atoms with van der Waals surface area (Å²) in [5, 5.41) is 18.9. The predicted octanol–water partition coefficient (Wildman–Crippen LogP) is 2.29. The number of benzene rings is 2. The summed E-state index contributed by atoms with van der Waals surface area (Å²) in [6.07, 6.45) is 0.947. The molecule has 0 atom stereocenters. The Bertz CT molecular complexity index is 1200. The molecule has 1 aromatic heterocycles. The van der Waals surface area contributed by atoms with Crippen LogP contribution in [0, 0.1) is 0 Å². The molecule has 0 unspecified atom stereocenters. The third-order valence-electron chi connectivity index (χ3n) is 6.27. The maximum atomic E-state index is 12.3. The molecular weight excluding hydrogens is 438 g/mol. The van der Waals surface area contributed by atoms with Gasteiger partial charge in [-0.3, -0.25) is 4.79 Å². The number of nitrogens with zero attached hydrogens (tertiary/aromatic N) is 4. The number of nitrogens with one attached hydrogen (secondary N) is 1. The monoisotopic (exact) mass is 461 g/mol. The van der Waals surface area contributed by atoms with Crippen LogP contribution in [0.25, 0.3) is 11.1 Å². The van der Waals surface area contributed by atoms with Crippen LogP contribution in [-0.2, 0) is 9.53 Å². The summed E-state index contributed by atoms with van der Waals surface area (Å²) in [7, 11) is 0. The molecule has 2 aromatic carbocycles. The van der Waals surface area contributed by atoms with Crippen molar-refractivity contribution in [3.63, 3.8) is 0 Å². The van der Waals surface area contributed by atoms with Crippen molar-refractivity contribution in [2.45, 2.75) is 18.4 Å². The maximum absolute atomic E-state index is 12.3. The van der Waals surface area contributed by atoms with Gasteiger partial charge in [-0.05, 0) is 22.3 Å². The molecule has 0 spiro atoms. The standard InChI is InChI=1S/C24H23N5O5/c30-22(28-11-15(12-28)29-13-21(23(31)32)26-27-29)9-10-25-24(33)34-14-20-18-7-3-1-5-16(18)17-6-2-4-8-19(17)20/h1-8,13,15,20H,9-12,14H2,(H,25,33)(H,31,32). The Morgan fingerprint density at radius 1 is 1.03 bits per heavy atom. The molecule has 5 rings (SSSR count). The number of aromatic nitrogens is 3. The normalized spacial score (nSPS) is 14.8. The van der Waals surface area contributed by atoms with E-state index in [1.807, 2.05) is 24.3 Å². The summed E-state index contributed by atoms with van der Waals surface area (Å²) < 4.78 is 6.94. The van der Waals surface area contributed by atoms with Gasteiger partial charge in [-0.25, -0.2) is 14.3 Å². The van der Waals surface area contributed by atoms with Gasteiger partial charge in [-0.1, -0.05) is 53.7 Å². The van der Waals surface area contributed by atoms with E-state index in [0.29, 0.717) is 13.1 Å². The summed E-state index contributed by atoms with van der Waals surface area (Å²) in [4.78, 5) is 37.1. The molecule has 34 heavy (non-hydrogen) atoms. The number of ether oxygens (including phenoxy) is 1. The van der Waals surface area contributed by atoms with E-state index in [1.54, 1.807) is 4.90 Å². The number of fused-ring (bicyclic) bond motifs is 3. The molecule has 10 heteroatoms. The SMILES string of the molecule is O=C(NCCC(=O)N1CC(n2cc(C(=O)O)nn2)C1)OCC1c2ccccc2-c2ccccc21. The topological polar surface area (TPSA) is 127 Å². The molecule has 2 N–H and O–H groups in total. The fourth-order valence-electron chi connectivity index (χ4n) is 4.46. The van der Waals surface area contributed by atoms with Crippen LogP contribution in [0.2, 0.25) is 0 Å². The number of rotatable bonds is 7. The molecule has 2 aliphatic rings. The molecule has 1 saturated heterocycles. The first-order chi connectivity index (χ1) is 16.5. The highest BCUT2D eigenvalue weighted by molar-refractivity contribution is 5.84. The number of hydrogen-bond donors (Lipinski definition) is 2. The number of amides is 2. The van der Waals surface area contributed by atoms with Crippen molar-refractivity contribution >= 4 is 18.0 Å². The Balaban J connectivity index is 1.06. The number of likely N-dealkylation sites (tertiary alicyclic amines) is 1. The number of carbonyl (C=O) groups is 3. The Kier molecular flexibility index (Phi) is 5.70. The Morgan fingerprint density at radius 2 is 1.68 bits per heavy atom. The van der Waals surface area contributed by atoms with Crippen LogP contribution in [-0.4, -0.2) is 69.2 Å². The van der Waals surface area contributed by atoms with E-state index in [9.17, 15) is 14.4 Å². The van der Waals surface area contributed by atoms with Gasteiger partial charge in [0.2, 0.25) is 5.91 Å². The molecule has 1 aliphatic carbocycles. The maximum Gasteiger partial charge on any atom is 0.407 e. The Hall–Kier alpha value is -4.21. The van der Waals surface area contributed by atoms with E-state index >= 15 is 0 Å². The third kappa shape index (κ3) is 4.09. The van der Waals surface area contributed by atoms with E-state index in [0.717, 1.165) is 22.3 Å². The van der Waals surface area contributed by atoms with Gasteiger partial charge in [0.25, 0.3) is 0 Å². The second kappa shape index (κ2) is 8.97. The second-order valence-electron chi connectivity index (χ2n) is 8.34. The van der Waals surface area contributed by atoms with Crippen molar-refractivity contribution < 1.29 is 24.2 Å². The average Bonchev–Trinajstić information content (AvgIpc) is 3.40. The molecule has 0 bridgehead atoms. The first kappa shape index (κ1) is 21.6. The number of hydrogen-bond acceptors (Lipinski definition) is 6. The number of carboxylic acids is 1. The lowest BCUT2D eigenvalue weighted by atomic mass is 9.98. The predicted molar refractivity (Wildman–Crippen MR) is 120 cm³/mol. The molecule has 3 aromatic rings. The minimum absolute atomic E-state index is 0.0174. The second-order valence-corrected chi connectivity index (χ2v) is 8.34. The fraction of sp³-hybridized carbons (Fsp3) is 0.292. The highest BCUT2D eigenvalue weighted by Crippen LogP contribution is 2.44. The highest BCUT2D eigenvalue weighted by Gasteiger charge is 2.33. The summed E-state index contributed by atoms with van der Waals surface area (Å²) in [5.74, 6) is -1.26. The van der Waals surface area contributed by atoms with Gasteiger partial charge in [-0.15, -0.1) is 5.10 Å². The first-order valence-electron chi connectivity index (χ1n) is 11.0. The van der Waals surface area contributed by atoms with E-state index in [-0.39, 0.29) is 43.1 Å². The largest absolute Gasteiger partial charge is 0.476 e. The van der Waals surface area contributed by atoms with Crippen LogP contribution in [0.15, 0.2) is 54.7 Å². The van der Waals surface area contributed by atoms with Gasteiger partial charge in [0.1, 0.15) is 6.61 Å². The lowest BCUT2D eigenvalue weighted by Crippen LogP contribution is -2.51. The van der Waals surface area contributed by atoms with E-state index < -0.39 is 12.1 Å². The van der Waals surface area contributed by atoms with Crippen LogP contribution in [0.3, 0.4) is 0 Å². The molecule has 2 heterocycles. The molecule has 10 nitrogen and oxygen atoms in total. The van der Waals surface area contributed by atoms with Crippen LogP contribution in [0.4, 0.5) is 4.79 Å². The summed E-state index contributed by atoms with van der Waals surface area (Å²) in [6.45, 7) is 1.24. The fourth-order valence-corrected chi connectivity index (χ4v) is 4.46. The van der Waals surface area contributed by atoms with Crippen LogP contribution < -0.4 is 5.32 Å². The van der Waals surface area contributed by atoms with Crippen molar-refractivity contribution in [1.29, 1.82) is 0 Å². The zero-order chi connectivity index (χ0) is 23.7. The summed E-state index contributed by atoms with van der Waals surface area (Å²) >= 11 is 0. The van der Waals surface area contributed by atoms with Gasteiger partial charge in [0, 0.05) is 32.0 Å². The number of aromatic carboxylic acids is 1. The zero-order valence-electron chi connectivity index (χ0n) is 18.3. The molecule has 0 radical (unpaired) electrons. The molecule has 2 amide bonds. The zero-order valence-corrected chi connectivity index (χ0v) is 18.3. The smallest absolute Gasteiger partial charge is 0.407 e. The van der Waals surface area contributed by atoms with Crippen molar-refractivity contribution in [3.05, 3.63) is 71.5 Å². The van der Waals surface area contributed by atoms with Crippen molar-refractivity contribution in [1.82, 2.24) is 25.2 Å². The van der Waals surface area contributed by atoms with E-state index in [4.69, 9.17) is 9.84 Å². The summed E-state index contributed by atoms with van der Waals surface area (Å²) in [5.41, 5.74) is 4.48. The average molecular weight is 461 g/mol. The lowest BCUT2D eigenvalue weighted by molar-refractivity contribution is -0.137. The van der Waals surface area contributed by atoms with Gasteiger partial charge in [0.05, 0.1) is 12.2 Å². The molecule has 0 saturated carbocycles. The van der Waals surface area contributed by atoms with Gasteiger partial charge < -0.3 is 20.1 Å². The molecule has 1 fully saturated rings. The van der Waals surface area contributed by atoms with E-state index in [2.05, 4.69) is 39.9 Å². The van der Waals surface area contributed by atoms with Crippen molar-refractivity contribution in [3.8, 4) is 11.1 Å². The van der Waals surface area contributed by atoms with Crippen molar-refractivity contribution in [2.75, 3.05) is 26.2 Å². The number of carboxylic acid groups (broad SMARTS) is 1. The van der Waals surface area contributed by atoms with Gasteiger partial charge in [-0.2, -0.15) is 0 Å². The highest BCUT2D eigenvalue weighted by atomic mass is 16.5. The lowest BCUT2D eigenvalue weighted by Gasteiger charge is -2.38. The van der Waals surface area contributed by atoms with Gasteiger partial charge >= 0.3 is 12.1 Å². The Labute approximate surface area is 195 Å².